The Labute approximate surface area is 115 Å². The first-order valence-corrected chi connectivity index (χ1v) is 6.96. The monoisotopic (exact) mass is 260 g/mol. The maximum Gasteiger partial charge on any atom is 0.0926 e. The van der Waals surface area contributed by atoms with Gasteiger partial charge in [0.25, 0.3) is 0 Å². The lowest BCUT2D eigenvalue weighted by Crippen LogP contribution is -2.43. The summed E-state index contributed by atoms with van der Waals surface area (Å²) < 4.78 is 0. The fraction of sp³-hybridized carbons (Fsp3) is 0.533. The van der Waals surface area contributed by atoms with Gasteiger partial charge in [0, 0.05) is 12.6 Å². The van der Waals surface area contributed by atoms with Gasteiger partial charge in [-0.1, -0.05) is 30.3 Å². The summed E-state index contributed by atoms with van der Waals surface area (Å²) in [5.74, 6) is 0. The van der Waals surface area contributed by atoms with Crippen LogP contribution >= 0.6 is 0 Å². The third-order valence-electron chi connectivity index (χ3n) is 3.84. The van der Waals surface area contributed by atoms with E-state index in [0.29, 0.717) is 12.7 Å². The van der Waals surface area contributed by atoms with E-state index in [-0.39, 0.29) is 0 Å². The number of piperidine rings is 1. The highest BCUT2D eigenvalue weighted by Crippen LogP contribution is 2.17. The molecule has 2 N–H and O–H groups in total. The summed E-state index contributed by atoms with van der Waals surface area (Å²) in [6.07, 6.45) is 3.81. The molecule has 1 saturated heterocycles. The Morgan fingerprint density at radius 1 is 1.32 bits per heavy atom. The van der Waals surface area contributed by atoms with E-state index >= 15 is 0 Å². The minimum Gasteiger partial charge on any atom is -0.390 e. The molecule has 0 aromatic heterocycles. The summed E-state index contributed by atoms with van der Waals surface area (Å²) >= 11 is 0. The molecule has 0 radical (unpaired) electrons. The van der Waals surface area contributed by atoms with Crippen molar-refractivity contribution in [3.05, 3.63) is 35.9 Å². The molecule has 0 amide bonds. The van der Waals surface area contributed by atoms with Crippen LogP contribution in [-0.4, -0.2) is 49.0 Å². The van der Waals surface area contributed by atoms with Gasteiger partial charge in [0.2, 0.25) is 0 Å². The number of rotatable bonds is 5. The predicted molar refractivity (Wildman–Crippen MR) is 80.1 cm³/mol. The molecule has 1 aliphatic rings. The SMILES string of the molecule is CN(CN=CN)C1CCN(Cc2ccccc2)CC1. The molecule has 1 heterocycles. The molecule has 0 bridgehead atoms. The summed E-state index contributed by atoms with van der Waals surface area (Å²) in [6.45, 7) is 4.10. The van der Waals surface area contributed by atoms with Gasteiger partial charge in [-0.25, -0.2) is 0 Å². The molecule has 1 aliphatic heterocycles. The van der Waals surface area contributed by atoms with Crippen LogP contribution in [0.1, 0.15) is 18.4 Å². The van der Waals surface area contributed by atoms with Crippen molar-refractivity contribution in [1.29, 1.82) is 0 Å². The van der Waals surface area contributed by atoms with Crippen LogP contribution < -0.4 is 5.73 Å². The molecular weight excluding hydrogens is 236 g/mol. The molecule has 0 aliphatic carbocycles. The van der Waals surface area contributed by atoms with Crippen molar-refractivity contribution in [1.82, 2.24) is 9.80 Å². The van der Waals surface area contributed by atoms with E-state index in [1.54, 1.807) is 0 Å². The van der Waals surface area contributed by atoms with Gasteiger partial charge in [-0.2, -0.15) is 0 Å². The number of aliphatic imine (C=N–C) groups is 1. The van der Waals surface area contributed by atoms with Crippen LogP contribution in [0, 0.1) is 0 Å². The van der Waals surface area contributed by atoms with Crippen LogP contribution in [0.4, 0.5) is 0 Å². The Morgan fingerprint density at radius 3 is 2.63 bits per heavy atom. The van der Waals surface area contributed by atoms with Crippen LogP contribution in [0.5, 0.6) is 0 Å². The first-order chi connectivity index (χ1) is 9.29. The molecule has 19 heavy (non-hydrogen) atoms. The second-order valence-electron chi connectivity index (χ2n) is 5.22. The number of hydrogen-bond acceptors (Lipinski definition) is 3. The molecule has 0 saturated carbocycles. The fourth-order valence-corrected chi connectivity index (χ4v) is 2.65. The molecule has 1 fully saturated rings. The summed E-state index contributed by atoms with van der Waals surface area (Å²) in [6, 6.07) is 11.3. The van der Waals surface area contributed by atoms with E-state index in [4.69, 9.17) is 5.73 Å². The molecule has 104 valence electrons. The second-order valence-corrected chi connectivity index (χ2v) is 5.22. The zero-order valence-electron chi connectivity index (χ0n) is 11.7. The van der Waals surface area contributed by atoms with E-state index in [0.717, 1.165) is 19.6 Å². The van der Waals surface area contributed by atoms with Crippen molar-refractivity contribution in [2.45, 2.75) is 25.4 Å². The van der Waals surface area contributed by atoms with Crippen molar-refractivity contribution in [3.63, 3.8) is 0 Å². The Bertz CT molecular complexity index is 382. The van der Waals surface area contributed by atoms with Crippen molar-refractivity contribution in [2.75, 3.05) is 26.8 Å². The van der Waals surface area contributed by atoms with Gasteiger partial charge < -0.3 is 5.73 Å². The maximum absolute atomic E-state index is 5.29. The zero-order valence-corrected chi connectivity index (χ0v) is 11.7. The lowest BCUT2D eigenvalue weighted by atomic mass is 10.0. The first kappa shape index (κ1) is 14.0. The van der Waals surface area contributed by atoms with Crippen molar-refractivity contribution in [2.24, 2.45) is 10.7 Å². The number of likely N-dealkylation sites (tertiary alicyclic amines) is 1. The van der Waals surface area contributed by atoms with Crippen LogP contribution in [0.2, 0.25) is 0 Å². The van der Waals surface area contributed by atoms with E-state index in [1.165, 1.54) is 24.7 Å². The van der Waals surface area contributed by atoms with E-state index in [9.17, 15) is 0 Å². The van der Waals surface area contributed by atoms with Gasteiger partial charge >= 0.3 is 0 Å². The topological polar surface area (TPSA) is 44.9 Å². The molecule has 0 atom stereocenters. The normalized spacial score (nSPS) is 18.4. The van der Waals surface area contributed by atoms with Crippen molar-refractivity contribution in [3.8, 4) is 0 Å². The minimum atomic E-state index is 0.635. The van der Waals surface area contributed by atoms with Gasteiger partial charge in [0.05, 0.1) is 13.0 Å². The highest BCUT2D eigenvalue weighted by atomic mass is 15.2. The number of benzene rings is 1. The highest BCUT2D eigenvalue weighted by molar-refractivity contribution is 5.50. The minimum absolute atomic E-state index is 0.635. The summed E-state index contributed by atoms with van der Waals surface area (Å²) in [4.78, 5) is 8.93. The van der Waals surface area contributed by atoms with Crippen molar-refractivity contribution >= 4 is 6.34 Å². The maximum atomic E-state index is 5.29. The van der Waals surface area contributed by atoms with Gasteiger partial charge in [0.1, 0.15) is 0 Å². The lowest BCUT2D eigenvalue weighted by Gasteiger charge is -2.36. The molecule has 1 aromatic carbocycles. The smallest absolute Gasteiger partial charge is 0.0926 e. The summed E-state index contributed by atoms with van der Waals surface area (Å²) in [7, 11) is 2.13. The number of hydrogen-bond donors (Lipinski definition) is 1. The van der Waals surface area contributed by atoms with Gasteiger partial charge in [-0.15, -0.1) is 0 Å². The zero-order chi connectivity index (χ0) is 13.5. The van der Waals surface area contributed by atoms with Crippen molar-refractivity contribution < 1.29 is 0 Å². The molecule has 1 aromatic rings. The quantitative estimate of drug-likeness (QED) is 0.645. The molecule has 0 unspecified atom stereocenters. The van der Waals surface area contributed by atoms with Crippen LogP contribution in [-0.2, 0) is 6.54 Å². The van der Waals surface area contributed by atoms with Gasteiger partial charge in [-0.3, -0.25) is 14.8 Å². The Balaban J connectivity index is 1.76. The lowest BCUT2D eigenvalue weighted by molar-refractivity contribution is 0.126. The predicted octanol–water partition coefficient (Wildman–Crippen LogP) is 1.53. The first-order valence-electron chi connectivity index (χ1n) is 6.96. The molecule has 0 spiro atoms. The molecule has 2 rings (SSSR count). The van der Waals surface area contributed by atoms with Gasteiger partial charge in [0.15, 0.2) is 0 Å². The average Bonchev–Trinajstić information content (AvgIpc) is 2.46. The molecule has 4 heteroatoms. The van der Waals surface area contributed by atoms with E-state index < -0.39 is 0 Å². The highest BCUT2D eigenvalue weighted by Gasteiger charge is 2.21. The Kier molecular flexibility index (Phi) is 5.36. The Morgan fingerprint density at radius 2 is 2.00 bits per heavy atom. The van der Waals surface area contributed by atoms with Gasteiger partial charge in [-0.05, 0) is 38.5 Å². The number of nitrogens with zero attached hydrogens (tertiary/aromatic N) is 3. The molecule has 4 nitrogen and oxygen atoms in total. The summed E-state index contributed by atoms with van der Waals surface area (Å²) in [5.41, 5.74) is 6.69. The number of nitrogens with two attached hydrogens (primary N) is 1. The van der Waals surface area contributed by atoms with Crippen LogP contribution in [0.3, 0.4) is 0 Å². The fourth-order valence-electron chi connectivity index (χ4n) is 2.65. The average molecular weight is 260 g/mol. The van der Waals surface area contributed by atoms with E-state index in [2.05, 4.69) is 52.2 Å². The van der Waals surface area contributed by atoms with Crippen LogP contribution in [0.15, 0.2) is 35.3 Å². The van der Waals surface area contributed by atoms with Crippen LogP contribution in [0.25, 0.3) is 0 Å². The largest absolute Gasteiger partial charge is 0.390 e. The second kappa shape index (κ2) is 7.26. The third-order valence-corrected chi connectivity index (χ3v) is 3.84. The Hall–Kier alpha value is -1.39. The van der Waals surface area contributed by atoms with E-state index in [1.807, 2.05) is 0 Å². The standard InChI is InChI=1S/C15H24N4/c1-18(13-17-12-16)15-7-9-19(10-8-15)11-14-5-3-2-4-6-14/h2-6,12,15H,7-11,13H2,1H3,(H2,16,17). The third kappa shape index (κ3) is 4.33. The molecular formula is C15H24N4. The summed E-state index contributed by atoms with van der Waals surface area (Å²) in [5, 5.41) is 0.